The standard InChI is InChI=1S/C23H22N2O3S/c1-4-9-16-12-15(13-19(27-5-2)21(16)28-6-3)14-20-22(26)25-18-11-8-7-10-17(18)24-23(25)29-20/h4,7-8,10-14H,1,5-6,9H2,2-3H3/b20-14-. The number of ether oxygens (including phenoxy) is 2. The molecule has 4 aromatic rings. The minimum atomic E-state index is -0.0594. The molecule has 0 radical (unpaired) electrons. The van der Waals surface area contributed by atoms with Crippen LogP contribution < -0.4 is 19.6 Å². The van der Waals surface area contributed by atoms with Crippen molar-refractivity contribution >= 4 is 33.4 Å². The third-order valence-electron chi connectivity index (χ3n) is 4.55. The summed E-state index contributed by atoms with van der Waals surface area (Å²) < 4.78 is 14.0. The Bertz CT molecular complexity index is 1300. The van der Waals surface area contributed by atoms with Crippen molar-refractivity contribution in [1.29, 1.82) is 0 Å². The van der Waals surface area contributed by atoms with E-state index in [-0.39, 0.29) is 5.56 Å². The molecule has 0 unspecified atom stereocenters. The number of aromatic nitrogens is 2. The van der Waals surface area contributed by atoms with E-state index in [1.54, 1.807) is 4.40 Å². The van der Waals surface area contributed by atoms with E-state index in [9.17, 15) is 4.79 Å². The van der Waals surface area contributed by atoms with Gasteiger partial charge in [-0.25, -0.2) is 9.38 Å². The number of allylic oxidation sites excluding steroid dienone is 1. The molecule has 4 rings (SSSR count). The number of fused-ring (bicyclic) bond motifs is 3. The van der Waals surface area contributed by atoms with E-state index in [2.05, 4.69) is 11.6 Å². The molecular formula is C23H22N2O3S. The molecule has 2 heterocycles. The molecule has 29 heavy (non-hydrogen) atoms. The first-order valence-corrected chi connectivity index (χ1v) is 10.4. The summed E-state index contributed by atoms with van der Waals surface area (Å²) in [5, 5.41) is 0. The van der Waals surface area contributed by atoms with Crippen LogP contribution in [0.2, 0.25) is 0 Å². The van der Waals surface area contributed by atoms with Gasteiger partial charge in [-0.05, 0) is 56.2 Å². The first-order valence-electron chi connectivity index (χ1n) is 9.61. The van der Waals surface area contributed by atoms with Crippen LogP contribution in [-0.4, -0.2) is 22.6 Å². The van der Waals surface area contributed by atoms with Crippen molar-refractivity contribution < 1.29 is 9.47 Å². The van der Waals surface area contributed by atoms with Gasteiger partial charge in [-0.15, -0.1) is 6.58 Å². The molecule has 2 aromatic heterocycles. The maximum Gasteiger partial charge on any atom is 0.274 e. The highest BCUT2D eigenvalue weighted by molar-refractivity contribution is 7.15. The first kappa shape index (κ1) is 19.2. The summed E-state index contributed by atoms with van der Waals surface area (Å²) in [5.74, 6) is 1.42. The highest BCUT2D eigenvalue weighted by atomic mass is 32.1. The fourth-order valence-corrected chi connectivity index (χ4v) is 4.40. The Hall–Kier alpha value is -3.12. The van der Waals surface area contributed by atoms with E-state index in [1.165, 1.54) is 11.3 Å². The third-order valence-corrected chi connectivity index (χ3v) is 5.52. The van der Waals surface area contributed by atoms with Gasteiger partial charge >= 0.3 is 0 Å². The van der Waals surface area contributed by atoms with Crippen LogP contribution in [0, 0.1) is 0 Å². The Morgan fingerprint density at radius 2 is 1.97 bits per heavy atom. The molecule has 0 bridgehead atoms. The summed E-state index contributed by atoms with van der Waals surface area (Å²) in [5.41, 5.74) is 3.47. The zero-order valence-corrected chi connectivity index (χ0v) is 17.3. The van der Waals surface area contributed by atoms with Gasteiger partial charge in [-0.3, -0.25) is 4.79 Å². The van der Waals surface area contributed by atoms with E-state index in [0.717, 1.165) is 27.9 Å². The minimum Gasteiger partial charge on any atom is -0.490 e. The maximum absolute atomic E-state index is 13.0. The molecular weight excluding hydrogens is 384 g/mol. The lowest BCUT2D eigenvalue weighted by Crippen LogP contribution is -2.22. The monoisotopic (exact) mass is 406 g/mol. The molecule has 0 saturated carbocycles. The highest BCUT2D eigenvalue weighted by Crippen LogP contribution is 2.34. The van der Waals surface area contributed by atoms with Gasteiger partial charge in [0, 0.05) is 5.56 Å². The topological polar surface area (TPSA) is 52.8 Å². The molecule has 2 aromatic carbocycles. The predicted molar refractivity (Wildman–Crippen MR) is 118 cm³/mol. The van der Waals surface area contributed by atoms with Crippen LogP contribution in [0.4, 0.5) is 0 Å². The lowest BCUT2D eigenvalue weighted by molar-refractivity contribution is 0.285. The number of nitrogens with zero attached hydrogens (tertiary/aromatic N) is 2. The fraction of sp³-hybridized carbons (Fsp3) is 0.217. The molecule has 0 amide bonds. The van der Waals surface area contributed by atoms with Crippen molar-refractivity contribution in [1.82, 2.24) is 9.38 Å². The summed E-state index contributed by atoms with van der Waals surface area (Å²) in [4.78, 5) is 18.3. The highest BCUT2D eigenvalue weighted by Gasteiger charge is 2.14. The summed E-state index contributed by atoms with van der Waals surface area (Å²) in [6, 6.07) is 11.6. The molecule has 0 atom stereocenters. The maximum atomic E-state index is 13.0. The number of para-hydroxylation sites is 2. The quantitative estimate of drug-likeness (QED) is 0.436. The van der Waals surface area contributed by atoms with Crippen LogP contribution in [0.25, 0.3) is 22.1 Å². The van der Waals surface area contributed by atoms with Crippen molar-refractivity contribution in [3.05, 3.63) is 75.1 Å². The Kier molecular flexibility index (Phi) is 5.36. The van der Waals surface area contributed by atoms with Crippen LogP contribution in [0.15, 0.2) is 53.8 Å². The lowest BCUT2D eigenvalue weighted by Gasteiger charge is -2.15. The van der Waals surface area contributed by atoms with E-state index in [4.69, 9.17) is 9.47 Å². The molecule has 0 spiro atoms. The average molecular weight is 407 g/mol. The van der Waals surface area contributed by atoms with E-state index in [0.29, 0.717) is 34.9 Å². The van der Waals surface area contributed by atoms with Crippen molar-refractivity contribution in [2.75, 3.05) is 13.2 Å². The summed E-state index contributed by atoms with van der Waals surface area (Å²) >= 11 is 1.39. The number of thiazole rings is 1. The van der Waals surface area contributed by atoms with Gasteiger partial charge in [0.05, 0.1) is 28.8 Å². The van der Waals surface area contributed by atoms with Gasteiger partial charge in [0.2, 0.25) is 0 Å². The molecule has 0 aliphatic carbocycles. The Morgan fingerprint density at radius 3 is 2.72 bits per heavy atom. The largest absolute Gasteiger partial charge is 0.490 e. The molecule has 0 N–H and O–H groups in total. The van der Waals surface area contributed by atoms with Gasteiger partial charge in [0.15, 0.2) is 16.5 Å². The Morgan fingerprint density at radius 1 is 1.17 bits per heavy atom. The Balaban J connectivity index is 1.90. The third kappa shape index (κ3) is 3.51. The van der Waals surface area contributed by atoms with Crippen molar-refractivity contribution in [3.63, 3.8) is 0 Å². The zero-order valence-electron chi connectivity index (χ0n) is 16.5. The summed E-state index contributed by atoms with van der Waals surface area (Å²) in [6.07, 6.45) is 4.38. The molecule has 148 valence electrons. The van der Waals surface area contributed by atoms with Crippen molar-refractivity contribution in [3.8, 4) is 11.5 Å². The van der Waals surface area contributed by atoms with Crippen LogP contribution in [0.3, 0.4) is 0 Å². The number of hydrogen-bond acceptors (Lipinski definition) is 5. The molecule has 0 aliphatic rings. The van der Waals surface area contributed by atoms with E-state index < -0.39 is 0 Å². The normalized spacial score (nSPS) is 12.0. The van der Waals surface area contributed by atoms with Gasteiger partial charge in [0.1, 0.15) is 0 Å². The Labute approximate surface area is 172 Å². The molecule has 0 fully saturated rings. The first-order chi connectivity index (χ1) is 14.2. The smallest absolute Gasteiger partial charge is 0.274 e. The van der Waals surface area contributed by atoms with Crippen LogP contribution in [0.1, 0.15) is 25.0 Å². The molecule has 5 nitrogen and oxygen atoms in total. The van der Waals surface area contributed by atoms with Crippen LogP contribution >= 0.6 is 11.3 Å². The fourth-order valence-electron chi connectivity index (χ4n) is 3.41. The van der Waals surface area contributed by atoms with Crippen LogP contribution in [0.5, 0.6) is 11.5 Å². The average Bonchev–Trinajstić information content (AvgIpc) is 3.21. The van der Waals surface area contributed by atoms with E-state index in [1.807, 2.05) is 62.4 Å². The lowest BCUT2D eigenvalue weighted by atomic mass is 10.1. The minimum absolute atomic E-state index is 0.0594. The predicted octanol–water partition coefficient (Wildman–Crippen LogP) is 3.98. The van der Waals surface area contributed by atoms with Gasteiger partial charge < -0.3 is 9.47 Å². The van der Waals surface area contributed by atoms with Crippen molar-refractivity contribution in [2.24, 2.45) is 0 Å². The second-order valence-electron chi connectivity index (χ2n) is 6.50. The number of benzene rings is 2. The number of rotatable bonds is 7. The zero-order chi connectivity index (χ0) is 20.4. The summed E-state index contributed by atoms with van der Waals surface area (Å²) in [6.45, 7) is 8.81. The van der Waals surface area contributed by atoms with Gasteiger partial charge in [-0.2, -0.15) is 0 Å². The SMILES string of the molecule is C=CCc1cc(/C=c2\sc3nc4ccccc4n3c2=O)cc(OCC)c1OCC. The summed E-state index contributed by atoms with van der Waals surface area (Å²) in [7, 11) is 0. The molecule has 6 heteroatoms. The second kappa shape index (κ2) is 8.09. The van der Waals surface area contributed by atoms with Gasteiger partial charge in [-0.1, -0.05) is 29.5 Å². The van der Waals surface area contributed by atoms with Crippen LogP contribution in [-0.2, 0) is 6.42 Å². The molecule has 0 aliphatic heterocycles. The molecule has 0 saturated heterocycles. The second-order valence-corrected chi connectivity index (χ2v) is 7.51. The number of imidazole rings is 1. The van der Waals surface area contributed by atoms with Gasteiger partial charge in [0.25, 0.3) is 5.56 Å². The van der Waals surface area contributed by atoms with Crippen molar-refractivity contribution in [2.45, 2.75) is 20.3 Å². The number of hydrogen-bond donors (Lipinski definition) is 0. The van der Waals surface area contributed by atoms with E-state index >= 15 is 0 Å².